The summed E-state index contributed by atoms with van der Waals surface area (Å²) >= 11 is 0. The highest BCUT2D eigenvalue weighted by Crippen LogP contribution is 2.39. The number of hydrogen-bond donors (Lipinski definition) is 0. The molecule has 2 aliphatic heterocycles. The van der Waals surface area contributed by atoms with Crippen LogP contribution < -0.4 is 0 Å². The molecule has 0 radical (unpaired) electrons. The Bertz CT molecular complexity index is 1490. The highest BCUT2D eigenvalue weighted by atomic mass is 16.2. The number of hydrogen-bond acceptors (Lipinski definition) is 4. The maximum absolute atomic E-state index is 13.6. The summed E-state index contributed by atoms with van der Waals surface area (Å²) in [4.78, 5) is 57.2. The van der Waals surface area contributed by atoms with Gasteiger partial charge in [-0.1, -0.05) is 48.5 Å². The first-order valence-electron chi connectivity index (χ1n) is 12.8. The molecule has 4 aromatic rings. The number of rotatable bonds is 5. The van der Waals surface area contributed by atoms with Crippen molar-refractivity contribution in [3.05, 3.63) is 95.1 Å². The summed E-state index contributed by atoms with van der Waals surface area (Å²) in [6.45, 7) is 7.46. The largest absolute Gasteiger partial charge is 0.412 e. The average molecular weight is 523 g/mol. The normalized spacial score (nSPS) is 15.3. The maximum Gasteiger partial charge on any atom is 0.261 e. The molecule has 39 heavy (non-hydrogen) atoms. The number of nitrogens with zero attached hydrogens (tertiary/aromatic N) is 2. The van der Waals surface area contributed by atoms with Crippen LogP contribution in [0.3, 0.4) is 0 Å². The molecular formula is C32H30N2O5. The molecule has 7 heteroatoms. The van der Waals surface area contributed by atoms with Crippen LogP contribution in [-0.2, 0) is 0 Å². The second-order valence-electron chi connectivity index (χ2n) is 11.4. The lowest BCUT2D eigenvalue weighted by Gasteiger charge is -2.44. The van der Waals surface area contributed by atoms with Crippen LogP contribution in [-0.4, -0.2) is 50.0 Å². The zero-order valence-corrected chi connectivity index (χ0v) is 22.4. The van der Waals surface area contributed by atoms with Gasteiger partial charge in [-0.25, -0.2) is 0 Å². The Hall–Kier alpha value is -4.36. The fourth-order valence-corrected chi connectivity index (χ4v) is 6.00. The van der Waals surface area contributed by atoms with Crippen molar-refractivity contribution in [2.45, 2.75) is 51.6 Å². The van der Waals surface area contributed by atoms with Crippen LogP contribution >= 0.6 is 0 Å². The molecule has 2 heterocycles. The minimum atomic E-state index is -0.860. The number of carbonyl (C=O) groups excluding carboxylic acids is 4. The summed E-state index contributed by atoms with van der Waals surface area (Å²) < 4.78 is 0. The third-order valence-electron chi connectivity index (χ3n) is 8.10. The Balaban J connectivity index is 0.00000308. The molecule has 4 amide bonds. The molecule has 198 valence electrons. The first-order valence-corrected chi connectivity index (χ1v) is 12.8. The maximum atomic E-state index is 13.6. The molecule has 0 unspecified atom stereocenters. The van der Waals surface area contributed by atoms with Crippen molar-refractivity contribution in [1.29, 1.82) is 0 Å². The molecule has 0 bridgehead atoms. The van der Waals surface area contributed by atoms with Crippen LogP contribution in [0.1, 0.15) is 82.0 Å². The van der Waals surface area contributed by atoms with Gasteiger partial charge in [-0.2, -0.15) is 0 Å². The van der Waals surface area contributed by atoms with Gasteiger partial charge < -0.3 is 5.48 Å². The monoisotopic (exact) mass is 522 g/mol. The van der Waals surface area contributed by atoms with Crippen molar-refractivity contribution in [3.8, 4) is 0 Å². The Morgan fingerprint density at radius 3 is 1.00 bits per heavy atom. The topological polar surface area (TPSA) is 106 Å². The van der Waals surface area contributed by atoms with Gasteiger partial charge in [0.05, 0.1) is 0 Å². The molecule has 0 fully saturated rings. The zero-order chi connectivity index (χ0) is 27.0. The van der Waals surface area contributed by atoms with E-state index in [1.807, 2.05) is 76.2 Å². The molecule has 6 rings (SSSR count). The van der Waals surface area contributed by atoms with E-state index in [1.165, 1.54) is 9.80 Å². The third kappa shape index (κ3) is 3.76. The zero-order valence-electron chi connectivity index (χ0n) is 22.4. The minimum Gasteiger partial charge on any atom is -0.412 e. The number of benzene rings is 4. The summed E-state index contributed by atoms with van der Waals surface area (Å²) in [5.74, 6) is -1.30. The van der Waals surface area contributed by atoms with Crippen LogP contribution in [0.5, 0.6) is 0 Å². The molecule has 0 spiro atoms. The van der Waals surface area contributed by atoms with Crippen LogP contribution in [0, 0.1) is 0 Å². The molecule has 0 aromatic heterocycles. The van der Waals surface area contributed by atoms with Gasteiger partial charge in [0, 0.05) is 44.1 Å². The van der Waals surface area contributed by atoms with E-state index in [0.717, 1.165) is 10.8 Å². The fourth-order valence-electron chi connectivity index (χ4n) is 6.00. The number of amides is 4. The third-order valence-corrected chi connectivity index (χ3v) is 8.10. The summed E-state index contributed by atoms with van der Waals surface area (Å²) in [6, 6.07) is 22.0. The van der Waals surface area contributed by atoms with Gasteiger partial charge in [0.15, 0.2) is 0 Å². The molecule has 2 aliphatic rings. The SMILES string of the molecule is CC(C)(CCC(C)(C)N1C(=O)c2cccc3cccc(c23)C1=O)N1C(=O)c2cccc3cccc(c23)C1=O.O. The van der Waals surface area contributed by atoms with Gasteiger partial charge in [0.1, 0.15) is 0 Å². The molecule has 7 nitrogen and oxygen atoms in total. The smallest absolute Gasteiger partial charge is 0.261 e. The first-order chi connectivity index (χ1) is 18.0. The van der Waals surface area contributed by atoms with E-state index in [4.69, 9.17) is 0 Å². The second kappa shape index (κ2) is 8.85. The standard InChI is InChI=1S/C32H28N2O4.H2O/c1-31(2,33-27(35)21-13-5-9-19-10-6-14-22(25(19)21)28(33)36)17-18-32(3,4)34-29(37)23-15-7-11-20-12-8-16-24(26(20)23)30(34)38;/h5-16H,17-18H2,1-4H3;1H2. The summed E-state index contributed by atoms with van der Waals surface area (Å²) in [5, 5.41) is 3.10. The predicted molar refractivity (Wildman–Crippen MR) is 150 cm³/mol. The molecule has 2 N–H and O–H groups in total. The van der Waals surface area contributed by atoms with E-state index in [0.29, 0.717) is 45.9 Å². The van der Waals surface area contributed by atoms with Crippen LogP contribution in [0.2, 0.25) is 0 Å². The summed E-state index contributed by atoms with van der Waals surface area (Å²) in [7, 11) is 0. The lowest BCUT2D eigenvalue weighted by Crippen LogP contribution is -2.56. The van der Waals surface area contributed by atoms with Gasteiger partial charge in [0.25, 0.3) is 23.6 Å². The highest BCUT2D eigenvalue weighted by Gasteiger charge is 2.45. The van der Waals surface area contributed by atoms with E-state index in [-0.39, 0.29) is 29.1 Å². The highest BCUT2D eigenvalue weighted by molar-refractivity contribution is 6.26. The van der Waals surface area contributed by atoms with Crippen molar-refractivity contribution in [2.75, 3.05) is 0 Å². The Kier molecular flexibility index (Phi) is 5.96. The van der Waals surface area contributed by atoms with Crippen molar-refractivity contribution in [1.82, 2.24) is 9.80 Å². The van der Waals surface area contributed by atoms with Gasteiger partial charge in [-0.05, 0) is 75.6 Å². The lowest BCUT2D eigenvalue weighted by molar-refractivity contribution is 0.0298. The Morgan fingerprint density at radius 2 is 0.744 bits per heavy atom. The molecule has 4 aromatic carbocycles. The first kappa shape index (κ1) is 26.3. The van der Waals surface area contributed by atoms with E-state index in [1.54, 1.807) is 24.3 Å². The van der Waals surface area contributed by atoms with E-state index in [2.05, 4.69) is 0 Å². The van der Waals surface area contributed by atoms with Crippen molar-refractivity contribution < 1.29 is 24.7 Å². The van der Waals surface area contributed by atoms with Crippen molar-refractivity contribution in [3.63, 3.8) is 0 Å². The predicted octanol–water partition coefficient (Wildman–Crippen LogP) is 5.40. The Labute approximate surface area is 226 Å². The summed E-state index contributed by atoms with van der Waals surface area (Å²) in [6.07, 6.45) is 0.803. The van der Waals surface area contributed by atoms with Crippen LogP contribution in [0.25, 0.3) is 21.5 Å². The average Bonchev–Trinajstić information content (AvgIpc) is 2.89. The molecule has 0 saturated carbocycles. The molecule has 0 saturated heterocycles. The van der Waals surface area contributed by atoms with E-state index < -0.39 is 11.1 Å². The fraction of sp³-hybridized carbons (Fsp3) is 0.250. The summed E-state index contributed by atoms with van der Waals surface area (Å²) in [5.41, 5.74) is 0.321. The molecule has 0 aliphatic carbocycles. The van der Waals surface area contributed by atoms with Gasteiger partial charge in [0.2, 0.25) is 0 Å². The molecule has 0 atom stereocenters. The lowest BCUT2D eigenvalue weighted by atomic mass is 9.83. The van der Waals surface area contributed by atoms with Crippen LogP contribution in [0.15, 0.2) is 72.8 Å². The van der Waals surface area contributed by atoms with Crippen molar-refractivity contribution in [2.24, 2.45) is 0 Å². The van der Waals surface area contributed by atoms with Gasteiger partial charge >= 0.3 is 0 Å². The van der Waals surface area contributed by atoms with E-state index >= 15 is 0 Å². The number of carbonyl (C=O) groups is 4. The number of imide groups is 2. The van der Waals surface area contributed by atoms with Gasteiger partial charge in [-0.15, -0.1) is 0 Å². The van der Waals surface area contributed by atoms with Crippen molar-refractivity contribution >= 4 is 45.2 Å². The van der Waals surface area contributed by atoms with E-state index in [9.17, 15) is 19.2 Å². The minimum absolute atomic E-state index is 0. The van der Waals surface area contributed by atoms with Crippen LogP contribution in [0.4, 0.5) is 0 Å². The quantitative estimate of drug-likeness (QED) is 0.327. The Morgan fingerprint density at radius 1 is 0.487 bits per heavy atom. The second-order valence-corrected chi connectivity index (χ2v) is 11.4. The van der Waals surface area contributed by atoms with Gasteiger partial charge in [-0.3, -0.25) is 29.0 Å². The molecular weight excluding hydrogens is 492 g/mol.